The number of benzene rings is 1. The predicted molar refractivity (Wildman–Crippen MR) is 89.7 cm³/mol. The number of ether oxygens (including phenoxy) is 1. The number of aromatic nitrogens is 1. The largest absolute Gasteiger partial charge is 0.491 e. The number of fused-ring (bicyclic) bond motifs is 1. The molecule has 0 bridgehead atoms. The fourth-order valence-corrected chi connectivity index (χ4v) is 2.77. The van der Waals surface area contributed by atoms with E-state index in [2.05, 4.69) is 10.3 Å². The molecule has 0 saturated heterocycles. The summed E-state index contributed by atoms with van der Waals surface area (Å²) < 4.78 is 5.79. The van der Waals surface area contributed by atoms with Gasteiger partial charge in [0.25, 0.3) is 0 Å². The SMILES string of the molecule is Cc1cc(C)nc(NC(=O)N2Cc3ccccc3OCC2C)c1. The second-order valence-electron chi connectivity index (χ2n) is 6.00. The number of carbonyl (C=O) groups is 1. The van der Waals surface area contributed by atoms with E-state index < -0.39 is 0 Å². The molecule has 2 aromatic rings. The average Bonchev–Trinajstić information content (AvgIpc) is 2.66. The number of rotatable bonds is 1. The molecular formula is C18H21N3O2. The minimum Gasteiger partial charge on any atom is -0.491 e. The van der Waals surface area contributed by atoms with Crippen LogP contribution < -0.4 is 10.1 Å². The number of carbonyl (C=O) groups excluding carboxylic acids is 1. The summed E-state index contributed by atoms with van der Waals surface area (Å²) in [5.41, 5.74) is 2.98. The smallest absolute Gasteiger partial charge is 0.323 e. The Morgan fingerprint density at radius 2 is 2.09 bits per heavy atom. The van der Waals surface area contributed by atoms with E-state index in [4.69, 9.17) is 4.74 Å². The summed E-state index contributed by atoms with van der Waals surface area (Å²) >= 11 is 0. The lowest BCUT2D eigenvalue weighted by Gasteiger charge is -2.26. The minimum absolute atomic E-state index is 0.0201. The lowest BCUT2D eigenvalue weighted by atomic mass is 10.2. The maximum absolute atomic E-state index is 12.7. The normalized spacial score (nSPS) is 17.0. The molecule has 1 aromatic heterocycles. The molecule has 3 rings (SSSR count). The summed E-state index contributed by atoms with van der Waals surface area (Å²) in [6, 6.07) is 11.5. The van der Waals surface area contributed by atoms with Gasteiger partial charge in [0.1, 0.15) is 18.2 Å². The summed E-state index contributed by atoms with van der Waals surface area (Å²) in [7, 11) is 0. The van der Waals surface area contributed by atoms with Crippen LogP contribution in [0.1, 0.15) is 23.7 Å². The van der Waals surface area contributed by atoms with Crippen molar-refractivity contribution in [1.29, 1.82) is 0 Å². The zero-order valence-corrected chi connectivity index (χ0v) is 13.7. The van der Waals surface area contributed by atoms with Crippen LogP contribution in [0.25, 0.3) is 0 Å². The summed E-state index contributed by atoms with van der Waals surface area (Å²) in [5, 5.41) is 2.90. The molecule has 5 heteroatoms. The number of nitrogens with zero attached hydrogens (tertiary/aromatic N) is 2. The molecule has 2 amide bonds. The van der Waals surface area contributed by atoms with Gasteiger partial charge in [0.2, 0.25) is 0 Å². The fraction of sp³-hybridized carbons (Fsp3) is 0.333. The van der Waals surface area contributed by atoms with E-state index in [1.165, 1.54) is 0 Å². The zero-order chi connectivity index (χ0) is 16.4. The van der Waals surface area contributed by atoms with Crippen molar-refractivity contribution in [1.82, 2.24) is 9.88 Å². The van der Waals surface area contributed by atoms with E-state index in [0.29, 0.717) is 19.0 Å². The minimum atomic E-state index is -0.157. The first kappa shape index (κ1) is 15.3. The first-order chi connectivity index (χ1) is 11.0. The summed E-state index contributed by atoms with van der Waals surface area (Å²) in [4.78, 5) is 18.8. The number of hydrogen-bond acceptors (Lipinski definition) is 3. The highest BCUT2D eigenvalue weighted by Crippen LogP contribution is 2.25. The topological polar surface area (TPSA) is 54.5 Å². The second kappa shape index (κ2) is 6.28. The lowest BCUT2D eigenvalue weighted by Crippen LogP contribution is -2.42. The van der Waals surface area contributed by atoms with Gasteiger partial charge in [-0.3, -0.25) is 5.32 Å². The Morgan fingerprint density at radius 3 is 2.87 bits per heavy atom. The van der Waals surface area contributed by atoms with E-state index in [-0.39, 0.29) is 12.1 Å². The molecular weight excluding hydrogens is 290 g/mol. The van der Waals surface area contributed by atoms with Crippen molar-refractivity contribution < 1.29 is 9.53 Å². The second-order valence-corrected chi connectivity index (χ2v) is 6.00. The van der Waals surface area contributed by atoms with E-state index >= 15 is 0 Å². The van der Waals surface area contributed by atoms with E-state index in [0.717, 1.165) is 22.6 Å². The quantitative estimate of drug-likeness (QED) is 0.877. The Morgan fingerprint density at radius 1 is 1.30 bits per heavy atom. The molecule has 1 atom stereocenters. The highest BCUT2D eigenvalue weighted by Gasteiger charge is 2.25. The van der Waals surface area contributed by atoms with Gasteiger partial charge in [-0.1, -0.05) is 18.2 Å². The van der Waals surface area contributed by atoms with Gasteiger partial charge in [0.05, 0.1) is 12.6 Å². The molecule has 0 radical (unpaired) electrons. The monoisotopic (exact) mass is 311 g/mol. The molecule has 1 aliphatic rings. The third-order valence-corrected chi connectivity index (χ3v) is 3.92. The van der Waals surface area contributed by atoms with Crippen LogP contribution in [0, 0.1) is 13.8 Å². The van der Waals surface area contributed by atoms with Crippen molar-refractivity contribution in [3.8, 4) is 5.75 Å². The van der Waals surface area contributed by atoms with Gasteiger partial charge < -0.3 is 9.64 Å². The fourth-order valence-electron chi connectivity index (χ4n) is 2.77. The van der Waals surface area contributed by atoms with Crippen LogP contribution in [0.3, 0.4) is 0 Å². The summed E-state index contributed by atoms with van der Waals surface area (Å²) in [6.07, 6.45) is 0. The van der Waals surface area contributed by atoms with Crippen molar-refractivity contribution in [3.63, 3.8) is 0 Å². The van der Waals surface area contributed by atoms with Crippen LogP contribution in [-0.2, 0) is 6.54 Å². The van der Waals surface area contributed by atoms with Gasteiger partial charge in [0.15, 0.2) is 0 Å². The van der Waals surface area contributed by atoms with Crippen molar-refractivity contribution in [2.24, 2.45) is 0 Å². The van der Waals surface area contributed by atoms with Gasteiger partial charge in [0, 0.05) is 11.3 Å². The molecule has 120 valence electrons. The third-order valence-electron chi connectivity index (χ3n) is 3.92. The number of aryl methyl sites for hydroxylation is 2. The lowest BCUT2D eigenvalue weighted by molar-refractivity contribution is 0.168. The van der Waals surface area contributed by atoms with Gasteiger partial charge in [-0.2, -0.15) is 0 Å². The molecule has 1 aromatic carbocycles. The van der Waals surface area contributed by atoms with Crippen LogP contribution in [0.15, 0.2) is 36.4 Å². The number of nitrogens with one attached hydrogen (secondary N) is 1. The van der Waals surface area contributed by atoms with Crippen molar-refractivity contribution in [3.05, 3.63) is 53.2 Å². The molecule has 23 heavy (non-hydrogen) atoms. The van der Waals surface area contributed by atoms with Crippen molar-refractivity contribution in [2.75, 3.05) is 11.9 Å². The molecule has 5 nitrogen and oxygen atoms in total. The molecule has 1 aliphatic heterocycles. The maximum atomic E-state index is 12.7. The Hall–Kier alpha value is -2.56. The van der Waals surface area contributed by atoms with Crippen LogP contribution in [0.5, 0.6) is 5.75 Å². The maximum Gasteiger partial charge on any atom is 0.323 e. The van der Waals surface area contributed by atoms with Crippen molar-refractivity contribution >= 4 is 11.8 Å². The highest BCUT2D eigenvalue weighted by molar-refractivity contribution is 5.88. The Labute approximate surface area is 136 Å². The average molecular weight is 311 g/mol. The molecule has 1 N–H and O–H groups in total. The summed E-state index contributed by atoms with van der Waals surface area (Å²) in [5.74, 6) is 1.43. The van der Waals surface area contributed by atoms with E-state index in [1.54, 1.807) is 4.90 Å². The first-order valence-corrected chi connectivity index (χ1v) is 7.76. The summed E-state index contributed by atoms with van der Waals surface area (Å²) in [6.45, 7) is 6.89. The number of urea groups is 1. The number of para-hydroxylation sites is 1. The number of pyridine rings is 1. The molecule has 1 unspecified atom stereocenters. The zero-order valence-electron chi connectivity index (χ0n) is 13.7. The number of anilines is 1. The van der Waals surface area contributed by atoms with Gasteiger partial charge in [-0.05, 0) is 44.5 Å². The Bertz CT molecular complexity index is 710. The molecule has 0 aliphatic carbocycles. The van der Waals surface area contributed by atoms with Crippen LogP contribution in [0.2, 0.25) is 0 Å². The Kier molecular flexibility index (Phi) is 4.19. The third kappa shape index (κ3) is 3.44. The van der Waals surface area contributed by atoms with Gasteiger partial charge >= 0.3 is 6.03 Å². The number of amides is 2. The first-order valence-electron chi connectivity index (χ1n) is 7.76. The van der Waals surface area contributed by atoms with Crippen LogP contribution in [-0.4, -0.2) is 28.6 Å². The Balaban J connectivity index is 1.80. The highest BCUT2D eigenvalue weighted by atomic mass is 16.5. The molecule has 2 heterocycles. The number of hydrogen-bond donors (Lipinski definition) is 1. The predicted octanol–water partition coefficient (Wildman–Crippen LogP) is 3.51. The van der Waals surface area contributed by atoms with Gasteiger partial charge in [-0.15, -0.1) is 0 Å². The van der Waals surface area contributed by atoms with E-state index in [9.17, 15) is 4.79 Å². The van der Waals surface area contributed by atoms with Crippen molar-refractivity contribution in [2.45, 2.75) is 33.4 Å². The van der Waals surface area contributed by atoms with E-state index in [1.807, 2.05) is 57.2 Å². The molecule has 0 spiro atoms. The van der Waals surface area contributed by atoms with Gasteiger partial charge in [-0.25, -0.2) is 9.78 Å². The van der Waals surface area contributed by atoms with Crippen LogP contribution >= 0.6 is 0 Å². The molecule has 0 saturated carbocycles. The standard InChI is InChI=1S/C18H21N3O2/c1-12-8-13(2)19-17(9-12)20-18(22)21-10-15-6-4-5-7-16(15)23-11-14(21)3/h4-9,14H,10-11H2,1-3H3,(H,19,20,22). The van der Waals surface area contributed by atoms with Crippen LogP contribution in [0.4, 0.5) is 10.6 Å². The molecule has 0 fully saturated rings.